The van der Waals surface area contributed by atoms with Gasteiger partial charge in [-0.2, -0.15) is 0 Å². The zero-order chi connectivity index (χ0) is 21.1. The zero-order valence-electron chi connectivity index (χ0n) is 18.2. The van der Waals surface area contributed by atoms with Crippen molar-refractivity contribution >= 4 is 11.9 Å². The van der Waals surface area contributed by atoms with Gasteiger partial charge in [-0.3, -0.25) is 9.59 Å². The molecule has 0 aromatic rings. The number of carbonyl (C=O) groups is 2. The van der Waals surface area contributed by atoms with Crippen LogP contribution < -0.4 is 0 Å². The SMILES string of the molecule is CC[C@H](C)C(=O)O[C@@H]1C[C@H](C)C=C2C=C[C@H](C)[C@H](CC[C@@H]3C[C@@H](O)CC(=O)O3)[C@H]21. The molecule has 8 atom stereocenters. The Morgan fingerprint density at radius 3 is 2.76 bits per heavy atom. The number of cyclic esters (lactones) is 1. The van der Waals surface area contributed by atoms with E-state index in [2.05, 4.69) is 32.1 Å². The topological polar surface area (TPSA) is 72.8 Å². The number of aliphatic hydroxyl groups is 1. The van der Waals surface area contributed by atoms with Gasteiger partial charge in [0.1, 0.15) is 12.2 Å². The van der Waals surface area contributed by atoms with Gasteiger partial charge in [-0.1, -0.05) is 45.9 Å². The lowest BCUT2D eigenvalue weighted by atomic mass is 9.65. The van der Waals surface area contributed by atoms with Crippen molar-refractivity contribution in [3.63, 3.8) is 0 Å². The van der Waals surface area contributed by atoms with Crippen molar-refractivity contribution in [2.24, 2.45) is 29.6 Å². The Kier molecular flexibility index (Phi) is 7.20. The summed E-state index contributed by atoms with van der Waals surface area (Å²) in [6.45, 7) is 8.33. The number of carbonyl (C=O) groups excluding carboxylic acids is 2. The summed E-state index contributed by atoms with van der Waals surface area (Å²) in [5.74, 6) is 0.755. The van der Waals surface area contributed by atoms with Crippen LogP contribution in [0.1, 0.15) is 66.2 Å². The van der Waals surface area contributed by atoms with Gasteiger partial charge in [0.15, 0.2) is 0 Å². The maximum Gasteiger partial charge on any atom is 0.308 e. The van der Waals surface area contributed by atoms with E-state index >= 15 is 0 Å². The molecule has 0 aromatic heterocycles. The van der Waals surface area contributed by atoms with Crippen LogP contribution in [-0.2, 0) is 19.1 Å². The summed E-state index contributed by atoms with van der Waals surface area (Å²) in [7, 11) is 0. The first-order chi connectivity index (χ1) is 13.8. The van der Waals surface area contributed by atoms with Crippen LogP contribution in [0.3, 0.4) is 0 Å². The highest BCUT2D eigenvalue weighted by Crippen LogP contribution is 2.45. The van der Waals surface area contributed by atoms with Crippen LogP contribution >= 0.6 is 0 Å². The molecule has 0 aromatic carbocycles. The van der Waals surface area contributed by atoms with Gasteiger partial charge >= 0.3 is 11.9 Å². The van der Waals surface area contributed by atoms with Gasteiger partial charge in [0.25, 0.3) is 0 Å². The van der Waals surface area contributed by atoms with Crippen molar-refractivity contribution in [2.45, 2.75) is 84.5 Å². The number of rotatable bonds is 6. The third-order valence-electron chi connectivity index (χ3n) is 6.93. The maximum atomic E-state index is 12.5. The predicted molar refractivity (Wildman–Crippen MR) is 111 cm³/mol. The fourth-order valence-electron chi connectivity index (χ4n) is 5.07. The molecular weight excluding hydrogens is 368 g/mol. The third-order valence-corrected chi connectivity index (χ3v) is 6.93. The average Bonchev–Trinajstić information content (AvgIpc) is 2.65. The number of allylic oxidation sites excluding steroid dienone is 3. The minimum Gasteiger partial charge on any atom is -0.462 e. The van der Waals surface area contributed by atoms with Gasteiger partial charge in [0, 0.05) is 12.3 Å². The smallest absolute Gasteiger partial charge is 0.308 e. The molecule has 1 aliphatic heterocycles. The second-order valence-corrected chi connectivity index (χ2v) is 9.36. The fraction of sp³-hybridized carbons (Fsp3) is 0.750. The fourth-order valence-corrected chi connectivity index (χ4v) is 5.07. The van der Waals surface area contributed by atoms with Gasteiger partial charge in [-0.15, -0.1) is 0 Å². The standard InChI is InChI=1S/C24H36O5/c1-5-15(3)24(27)29-21-11-14(2)10-17-7-6-16(4)20(23(17)21)9-8-19-12-18(25)13-22(26)28-19/h6-7,10,14-16,18-21,23,25H,5,8-9,11-13H2,1-4H3/t14-,15+,16+,18-,19-,20+,21-,23+/m1/s1. The lowest BCUT2D eigenvalue weighted by Gasteiger charge is -2.43. The molecule has 1 fully saturated rings. The van der Waals surface area contributed by atoms with E-state index in [-0.39, 0.29) is 42.4 Å². The van der Waals surface area contributed by atoms with Gasteiger partial charge in [0.05, 0.1) is 18.4 Å². The molecule has 0 saturated carbocycles. The first kappa shape index (κ1) is 22.1. The highest BCUT2D eigenvalue weighted by atomic mass is 16.5. The lowest BCUT2D eigenvalue weighted by Crippen LogP contribution is -2.42. The van der Waals surface area contributed by atoms with E-state index in [0.29, 0.717) is 24.2 Å². The summed E-state index contributed by atoms with van der Waals surface area (Å²) in [4.78, 5) is 24.2. The largest absolute Gasteiger partial charge is 0.462 e. The van der Waals surface area contributed by atoms with Crippen LogP contribution in [0.2, 0.25) is 0 Å². The van der Waals surface area contributed by atoms with Crippen LogP contribution in [0.5, 0.6) is 0 Å². The van der Waals surface area contributed by atoms with E-state index in [0.717, 1.165) is 25.7 Å². The van der Waals surface area contributed by atoms with Crippen molar-refractivity contribution < 1.29 is 24.2 Å². The van der Waals surface area contributed by atoms with Crippen molar-refractivity contribution in [3.05, 3.63) is 23.8 Å². The van der Waals surface area contributed by atoms with E-state index in [1.165, 1.54) is 5.57 Å². The monoisotopic (exact) mass is 404 g/mol. The summed E-state index contributed by atoms with van der Waals surface area (Å²) in [6.07, 6.45) is 9.70. The summed E-state index contributed by atoms with van der Waals surface area (Å²) in [5.41, 5.74) is 1.27. The number of ether oxygens (including phenoxy) is 2. The molecule has 5 heteroatoms. The van der Waals surface area contributed by atoms with Crippen molar-refractivity contribution in [3.8, 4) is 0 Å². The van der Waals surface area contributed by atoms with Crippen LogP contribution in [-0.4, -0.2) is 35.4 Å². The first-order valence-corrected chi connectivity index (χ1v) is 11.3. The Hall–Kier alpha value is -1.62. The molecule has 5 nitrogen and oxygen atoms in total. The minimum atomic E-state index is -0.597. The molecule has 1 heterocycles. The molecule has 2 aliphatic carbocycles. The van der Waals surface area contributed by atoms with Gasteiger partial charge < -0.3 is 14.6 Å². The molecule has 0 amide bonds. The molecular formula is C24H36O5. The van der Waals surface area contributed by atoms with E-state index in [1.807, 2.05) is 13.8 Å². The van der Waals surface area contributed by atoms with Crippen molar-refractivity contribution in [2.75, 3.05) is 0 Å². The quantitative estimate of drug-likeness (QED) is 0.672. The Labute approximate surface area is 174 Å². The molecule has 3 aliphatic rings. The highest BCUT2D eigenvalue weighted by Gasteiger charge is 2.42. The van der Waals surface area contributed by atoms with Crippen LogP contribution in [0.4, 0.5) is 0 Å². The first-order valence-electron chi connectivity index (χ1n) is 11.3. The van der Waals surface area contributed by atoms with Crippen molar-refractivity contribution in [1.82, 2.24) is 0 Å². The molecule has 1 N–H and O–H groups in total. The summed E-state index contributed by atoms with van der Waals surface area (Å²) >= 11 is 0. The van der Waals surface area contributed by atoms with Gasteiger partial charge in [-0.25, -0.2) is 0 Å². The van der Waals surface area contributed by atoms with E-state index < -0.39 is 6.10 Å². The van der Waals surface area contributed by atoms with Crippen LogP contribution in [0.15, 0.2) is 23.8 Å². The van der Waals surface area contributed by atoms with E-state index in [4.69, 9.17) is 9.47 Å². The molecule has 0 radical (unpaired) electrons. The second-order valence-electron chi connectivity index (χ2n) is 9.36. The number of fused-ring (bicyclic) bond motifs is 1. The molecule has 0 unspecified atom stereocenters. The lowest BCUT2D eigenvalue weighted by molar-refractivity contribution is -0.162. The number of hydrogen-bond donors (Lipinski definition) is 1. The molecule has 0 spiro atoms. The Morgan fingerprint density at radius 1 is 1.31 bits per heavy atom. The normalized spacial score (nSPS) is 37.9. The number of aliphatic hydroxyl groups excluding tert-OH is 1. The van der Waals surface area contributed by atoms with Crippen LogP contribution in [0.25, 0.3) is 0 Å². The van der Waals surface area contributed by atoms with Crippen molar-refractivity contribution in [1.29, 1.82) is 0 Å². The van der Waals surface area contributed by atoms with Crippen LogP contribution in [0, 0.1) is 29.6 Å². The summed E-state index contributed by atoms with van der Waals surface area (Å²) in [5, 5.41) is 9.89. The maximum absolute atomic E-state index is 12.5. The molecule has 29 heavy (non-hydrogen) atoms. The molecule has 162 valence electrons. The predicted octanol–water partition coefficient (Wildman–Crippen LogP) is 4.20. The zero-order valence-corrected chi connectivity index (χ0v) is 18.2. The Balaban J connectivity index is 1.74. The van der Waals surface area contributed by atoms with E-state index in [1.54, 1.807) is 0 Å². The van der Waals surface area contributed by atoms with Gasteiger partial charge in [0.2, 0.25) is 0 Å². The minimum absolute atomic E-state index is 0.0854. The molecule has 0 bridgehead atoms. The Morgan fingerprint density at radius 2 is 2.07 bits per heavy atom. The van der Waals surface area contributed by atoms with E-state index in [9.17, 15) is 14.7 Å². The third kappa shape index (κ3) is 5.30. The number of hydrogen-bond acceptors (Lipinski definition) is 5. The second kappa shape index (κ2) is 9.46. The Bertz CT molecular complexity index is 666. The summed E-state index contributed by atoms with van der Waals surface area (Å²) < 4.78 is 11.5. The summed E-state index contributed by atoms with van der Waals surface area (Å²) in [6, 6.07) is 0. The molecule has 3 rings (SSSR count). The van der Waals surface area contributed by atoms with Gasteiger partial charge in [-0.05, 0) is 49.0 Å². The average molecular weight is 405 g/mol. The molecule has 1 saturated heterocycles. The highest BCUT2D eigenvalue weighted by molar-refractivity contribution is 5.72. The number of esters is 2.